The van der Waals surface area contributed by atoms with Gasteiger partial charge in [-0.05, 0) is 12.1 Å². The van der Waals surface area contributed by atoms with Crippen molar-refractivity contribution in [3.8, 4) is 0 Å². The minimum Gasteiger partial charge on any atom is -0.387 e. The van der Waals surface area contributed by atoms with Gasteiger partial charge in [0, 0.05) is 13.1 Å². The van der Waals surface area contributed by atoms with Gasteiger partial charge in [0.05, 0.1) is 11.9 Å². The van der Waals surface area contributed by atoms with E-state index >= 15 is 0 Å². The molecule has 0 fully saturated rings. The van der Waals surface area contributed by atoms with E-state index in [1.807, 2.05) is 0 Å². The van der Waals surface area contributed by atoms with E-state index in [9.17, 15) is 4.79 Å². The maximum Gasteiger partial charge on any atom is 0.275 e. The number of anilines is 2. The summed E-state index contributed by atoms with van der Waals surface area (Å²) in [6.45, 7) is 0. The number of carbonyl (C=O) groups is 1. The molecule has 2 rings (SSSR count). The van der Waals surface area contributed by atoms with Crippen molar-refractivity contribution >= 4 is 17.4 Å². The van der Waals surface area contributed by atoms with Crippen LogP contribution in [0.2, 0.25) is 0 Å². The van der Waals surface area contributed by atoms with Crippen LogP contribution in [-0.2, 0) is 0 Å². The summed E-state index contributed by atoms with van der Waals surface area (Å²) in [4.78, 5) is 15.6. The molecule has 82 valence electrons. The van der Waals surface area contributed by atoms with Gasteiger partial charge in [0.15, 0.2) is 5.82 Å². The van der Waals surface area contributed by atoms with E-state index in [0.29, 0.717) is 11.5 Å². The molecular formula is C10H10N4O2. The van der Waals surface area contributed by atoms with Crippen LogP contribution in [0, 0.1) is 0 Å². The number of aromatic nitrogens is 2. The number of rotatable bonds is 3. The second-order valence-electron chi connectivity index (χ2n) is 3.02. The lowest BCUT2D eigenvalue weighted by Crippen LogP contribution is -2.13. The van der Waals surface area contributed by atoms with Crippen molar-refractivity contribution in [2.24, 2.45) is 0 Å². The minimum absolute atomic E-state index is 0.321. The molecule has 6 heteroatoms. The number of amides is 1. The average molecular weight is 218 g/mol. The molecule has 2 aromatic heterocycles. The number of hydrogen-bond acceptors (Lipinski definition) is 5. The predicted molar refractivity (Wildman–Crippen MR) is 58.2 cm³/mol. The van der Waals surface area contributed by atoms with E-state index in [0.717, 1.165) is 5.69 Å². The molecule has 0 radical (unpaired) electrons. The topological polar surface area (TPSA) is 80.0 Å². The van der Waals surface area contributed by atoms with Crippen LogP contribution in [-0.4, -0.2) is 23.1 Å². The minimum atomic E-state index is -0.323. The monoisotopic (exact) mass is 218 g/mol. The van der Waals surface area contributed by atoms with Gasteiger partial charge in [0.2, 0.25) is 0 Å². The van der Waals surface area contributed by atoms with Crippen LogP contribution >= 0.6 is 0 Å². The van der Waals surface area contributed by atoms with Crippen LogP contribution in [0.4, 0.5) is 11.5 Å². The first-order valence-electron chi connectivity index (χ1n) is 4.65. The first kappa shape index (κ1) is 10.2. The average Bonchev–Trinajstić information content (AvgIpc) is 2.82. The molecule has 16 heavy (non-hydrogen) atoms. The summed E-state index contributed by atoms with van der Waals surface area (Å²) >= 11 is 0. The number of hydrogen-bond donors (Lipinski definition) is 2. The van der Waals surface area contributed by atoms with E-state index in [-0.39, 0.29) is 5.91 Å². The van der Waals surface area contributed by atoms with E-state index < -0.39 is 0 Å². The van der Waals surface area contributed by atoms with Gasteiger partial charge in [-0.1, -0.05) is 5.16 Å². The molecule has 0 aliphatic carbocycles. The summed E-state index contributed by atoms with van der Waals surface area (Å²) < 4.78 is 4.59. The predicted octanol–water partition coefficient (Wildman–Crippen LogP) is 1.36. The maximum absolute atomic E-state index is 11.6. The molecule has 2 heterocycles. The van der Waals surface area contributed by atoms with Crippen molar-refractivity contribution in [1.82, 2.24) is 10.1 Å². The van der Waals surface area contributed by atoms with Crippen molar-refractivity contribution < 1.29 is 9.32 Å². The van der Waals surface area contributed by atoms with Gasteiger partial charge < -0.3 is 15.2 Å². The molecule has 0 spiro atoms. The van der Waals surface area contributed by atoms with Gasteiger partial charge in [-0.25, -0.2) is 4.98 Å². The van der Waals surface area contributed by atoms with Crippen LogP contribution < -0.4 is 10.6 Å². The normalized spacial score (nSPS) is 9.81. The highest BCUT2D eigenvalue weighted by atomic mass is 16.5. The molecule has 1 amide bonds. The van der Waals surface area contributed by atoms with E-state index in [1.54, 1.807) is 31.4 Å². The zero-order valence-corrected chi connectivity index (χ0v) is 8.60. The highest BCUT2D eigenvalue weighted by molar-refractivity contribution is 6.02. The molecular weight excluding hydrogens is 208 g/mol. The third-order valence-electron chi connectivity index (χ3n) is 1.96. The van der Waals surface area contributed by atoms with Crippen molar-refractivity contribution in [2.45, 2.75) is 0 Å². The van der Waals surface area contributed by atoms with Gasteiger partial charge in [-0.15, -0.1) is 0 Å². The smallest absolute Gasteiger partial charge is 0.275 e. The highest BCUT2D eigenvalue weighted by Crippen LogP contribution is 2.07. The van der Waals surface area contributed by atoms with Crippen LogP contribution in [0.15, 0.2) is 35.2 Å². The van der Waals surface area contributed by atoms with Crippen molar-refractivity contribution in [2.75, 3.05) is 17.7 Å². The Morgan fingerprint density at radius 1 is 1.38 bits per heavy atom. The lowest BCUT2D eigenvalue weighted by atomic mass is 10.3. The Morgan fingerprint density at radius 3 is 2.81 bits per heavy atom. The fourth-order valence-electron chi connectivity index (χ4n) is 1.13. The van der Waals surface area contributed by atoms with E-state index in [1.165, 1.54) is 6.26 Å². The van der Waals surface area contributed by atoms with Crippen molar-refractivity contribution in [3.05, 3.63) is 36.4 Å². The maximum atomic E-state index is 11.6. The molecule has 0 aliphatic heterocycles. The molecule has 0 aromatic carbocycles. The third kappa shape index (κ3) is 2.17. The molecule has 2 aromatic rings. The zero-order chi connectivity index (χ0) is 11.4. The molecule has 0 atom stereocenters. The summed E-state index contributed by atoms with van der Waals surface area (Å²) in [7, 11) is 1.78. The van der Waals surface area contributed by atoms with E-state index in [4.69, 9.17) is 0 Å². The Bertz CT molecular complexity index is 464. The lowest BCUT2D eigenvalue weighted by molar-refractivity contribution is 0.102. The molecule has 0 saturated carbocycles. The van der Waals surface area contributed by atoms with Crippen LogP contribution in [0.5, 0.6) is 0 Å². The summed E-state index contributed by atoms with van der Waals surface area (Å²) in [6.07, 6.45) is 2.96. The molecule has 0 unspecified atom stereocenters. The lowest BCUT2D eigenvalue weighted by Gasteiger charge is -2.02. The second-order valence-corrected chi connectivity index (χ2v) is 3.02. The van der Waals surface area contributed by atoms with Gasteiger partial charge in [0.1, 0.15) is 12.0 Å². The molecule has 0 aliphatic rings. The fourth-order valence-corrected chi connectivity index (χ4v) is 1.13. The first-order valence-corrected chi connectivity index (χ1v) is 4.65. The summed E-state index contributed by atoms with van der Waals surface area (Å²) in [5, 5.41) is 9.03. The second kappa shape index (κ2) is 4.43. The summed E-state index contributed by atoms with van der Waals surface area (Å²) in [6, 6.07) is 4.95. The summed E-state index contributed by atoms with van der Waals surface area (Å²) in [5.41, 5.74) is 1.17. The largest absolute Gasteiger partial charge is 0.387 e. The Labute approximate surface area is 91.7 Å². The molecule has 0 saturated heterocycles. The number of nitrogens with one attached hydrogen (secondary N) is 2. The molecule has 6 nitrogen and oxygen atoms in total. The van der Waals surface area contributed by atoms with Crippen LogP contribution in [0.3, 0.4) is 0 Å². The number of carbonyl (C=O) groups excluding carboxylic acids is 1. The van der Waals surface area contributed by atoms with Crippen molar-refractivity contribution in [1.29, 1.82) is 0 Å². The Hall–Kier alpha value is -2.37. The van der Waals surface area contributed by atoms with E-state index in [2.05, 4.69) is 25.3 Å². The zero-order valence-electron chi connectivity index (χ0n) is 8.60. The SMILES string of the molecule is CNc1ccc(C(=O)Nc2ccon2)nc1. The van der Waals surface area contributed by atoms with Gasteiger partial charge in [-0.3, -0.25) is 4.79 Å². The number of pyridine rings is 1. The molecule has 2 N–H and O–H groups in total. The highest BCUT2D eigenvalue weighted by Gasteiger charge is 2.08. The van der Waals surface area contributed by atoms with Gasteiger partial charge >= 0.3 is 0 Å². The standard InChI is InChI=1S/C10H10N4O2/c1-11-7-2-3-8(12-6-7)10(15)13-9-4-5-16-14-9/h2-6,11H,1H3,(H,13,14,15). The Balaban J connectivity index is 2.09. The third-order valence-corrected chi connectivity index (χ3v) is 1.96. The quantitative estimate of drug-likeness (QED) is 0.813. The Kier molecular flexibility index (Phi) is 2.81. The Morgan fingerprint density at radius 2 is 2.25 bits per heavy atom. The fraction of sp³-hybridized carbons (Fsp3) is 0.100. The van der Waals surface area contributed by atoms with Gasteiger partial charge in [0.25, 0.3) is 5.91 Å². The van der Waals surface area contributed by atoms with Crippen LogP contribution in [0.1, 0.15) is 10.5 Å². The number of nitrogens with zero attached hydrogens (tertiary/aromatic N) is 2. The molecule has 0 bridgehead atoms. The van der Waals surface area contributed by atoms with Crippen molar-refractivity contribution in [3.63, 3.8) is 0 Å². The summed E-state index contributed by atoms with van der Waals surface area (Å²) in [5.74, 6) is 0.0426. The van der Waals surface area contributed by atoms with Crippen LogP contribution in [0.25, 0.3) is 0 Å². The van der Waals surface area contributed by atoms with Gasteiger partial charge in [-0.2, -0.15) is 0 Å². The first-order chi connectivity index (χ1) is 7.79.